The smallest absolute Gasteiger partial charge is 0.0435 e. The van der Waals surface area contributed by atoms with Crippen molar-refractivity contribution in [2.24, 2.45) is 0 Å². The lowest BCUT2D eigenvalue weighted by Crippen LogP contribution is -2.32. The Bertz CT molecular complexity index is 386. The van der Waals surface area contributed by atoms with Gasteiger partial charge in [-0.15, -0.1) is 0 Å². The fourth-order valence-corrected chi connectivity index (χ4v) is 2.78. The average Bonchev–Trinajstić information content (AvgIpc) is 2.43. The van der Waals surface area contributed by atoms with E-state index in [1.807, 2.05) is 6.07 Å². The van der Waals surface area contributed by atoms with E-state index in [2.05, 4.69) is 29.3 Å². The Labute approximate surface area is 122 Å². The minimum Gasteiger partial charge on any atom is -0.313 e. The van der Waals surface area contributed by atoms with Gasteiger partial charge in [0, 0.05) is 11.6 Å². The molecule has 1 N–H and O–H groups in total. The molecule has 1 saturated heterocycles. The fraction of sp³-hybridized carbons (Fsp3) is 0.625. The molecule has 0 amide bonds. The maximum Gasteiger partial charge on any atom is 0.0435 e. The molecule has 0 spiro atoms. The van der Waals surface area contributed by atoms with Gasteiger partial charge in [0.05, 0.1) is 0 Å². The van der Waals surface area contributed by atoms with Crippen molar-refractivity contribution in [2.45, 2.75) is 39.2 Å². The Hall–Kier alpha value is -0.570. The van der Waals surface area contributed by atoms with Gasteiger partial charge in [0.15, 0.2) is 0 Å². The fourth-order valence-electron chi connectivity index (χ4n) is 2.66. The Kier molecular flexibility index (Phi) is 6.15. The number of likely N-dealkylation sites (tertiary alicyclic amines) is 1. The van der Waals surface area contributed by atoms with Gasteiger partial charge in [-0.2, -0.15) is 0 Å². The molecule has 1 aromatic rings. The van der Waals surface area contributed by atoms with Gasteiger partial charge >= 0.3 is 0 Å². The van der Waals surface area contributed by atoms with E-state index >= 15 is 0 Å². The molecule has 3 heteroatoms. The van der Waals surface area contributed by atoms with Crippen LogP contribution in [-0.2, 0) is 6.54 Å². The molecule has 0 saturated carbocycles. The molecule has 2 nitrogen and oxygen atoms in total. The summed E-state index contributed by atoms with van der Waals surface area (Å²) >= 11 is 6.02. The van der Waals surface area contributed by atoms with Gasteiger partial charge < -0.3 is 10.2 Å². The number of nitrogens with zero attached hydrogens (tertiary/aromatic N) is 1. The summed E-state index contributed by atoms with van der Waals surface area (Å²) in [6, 6.07) is 6.26. The second kappa shape index (κ2) is 7.88. The Morgan fingerprint density at radius 2 is 2.00 bits per heavy atom. The summed E-state index contributed by atoms with van der Waals surface area (Å²) in [5.74, 6) is 0. The third-order valence-corrected chi connectivity index (χ3v) is 4.25. The quantitative estimate of drug-likeness (QED) is 0.801. The van der Waals surface area contributed by atoms with Crippen LogP contribution >= 0.6 is 11.6 Å². The van der Waals surface area contributed by atoms with Crippen LogP contribution in [0.1, 0.15) is 36.8 Å². The molecule has 2 rings (SSSR count). The summed E-state index contributed by atoms with van der Waals surface area (Å²) < 4.78 is 0. The molecule has 19 heavy (non-hydrogen) atoms. The molecular formula is C16H25ClN2. The number of piperidine rings is 1. The van der Waals surface area contributed by atoms with E-state index in [1.54, 1.807) is 0 Å². The van der Waals surface area contributed by atoms with E-state index in [1.165, 1.54) is 50.9 Å². The lowest BCUT2D eigenvalue weighted by Gasteiger charge is -2.26. The number of hydrogen-bond acceptors (Lipinski definition) is 2. The first kappa shape index (κ1) is 14.8. The van der Waals surface area contributed by atoms with E-state index < -0.39 is 0 Å². The zero-order valence-electron chi connectivity index (χ0n) is 11.9. The van der Waals surface area contributed by atoms with Crippen LogP contribution in [0.3, 0.4) is 0 Å². The first-order valence-corrected chi connectivity index (χ1v) is 7.81. The highest BCUT2D eigenvalue weighted by Crippen LogP contribution is 2.16. The largest absolute Gasteiger partial charge is 0.313 e. The molecule has 0 atom stereocenters. The highest BCUT2D eigenvalue weighted by Gasteiger charge is 2.08. The topological polar surface area (TPSA) is 15.3 Å². The van der Waals surface area contributed by atoms with Crippen molar-refractivity contribution in [3.8, 4) is 0 Å². The minimum atomic E-state index is 0.855. The highest BCUT2D eigenvalue weighted by molar-refractivity contribution is 6.31. The Morgan fingerprint density at radius 3 is 2.74 bits per heavy atom. The second-order valence-electron chi connectivity index (χ2n) is 5.52. The first-order chi connectivity index (χ1) is 9.25. The van der Waals surface area contributed by atoms with Crippen LogP contribution in [0.15, 0.2) is 18.2 Å². The lowest BCUT2D eigenvalue weighted by molar-refractivity contribution is 0.225. The molecule has 1 aliphatic rings. The van der Waals surface area contributed by atoms with Crippen LogP contribution in [0.5, 0.6) is 0 Å². The van der Waals surface area contributed by atoms with Gasteiger partial charge in [-0.05, 0) is 69.6 Å². The van der Waals surface area contributed by atoms with Crippen LogP contribution in [0.25, 0.3) is 0 Å². The van der Waals surface area contributed by atoms with Gasteiger partial charge in [0.1, 0.15) is 0 Å². The third kappa shape index (κ3) is 5.13. The molecule has 0 radical (unpaired) electrons. The van der Waals surface area contributed by atoms with E-state index in [-0.39, 0.29) is 0 Å². The van der Waals surface area contributed by atoms with Gasteiger partial charge in [-0.25, -0.2) is 0 Å². The van der Waals surface area contributed by atoms with E-state index in [0.29, 0.717) is 0 Å². The van der Waals surface area contributed by atoms with Gasteiger partial charge in [0.25, 0.3) is 0 Å². The summed E-state index contributed by atoms with van der Waals surface area (Å²) in [6.45, 7) is 7.94. The molecule has 1 heterocycles. The maximum absolute atomic E-state index is 6.02. The summed E-state index contributed by atoms with van der Waals surface area (Å²) in [5.41, 5.74) is 2.48. The van der Waals surface area contributed by atoms with E-state index in [4.69, 9.17) is 11.6 Å². The van der Waals surface area contributed by atoms with Crippen molar-refractivity contribution in [1.82, 2.24) is 10.2 Å². The predicted molar refractivity (Wildman–Crippen MR) is 82.8 cm³/mol. The van der Waals surface area contributed by atoms with Crippen molar-refractivity contribution in [3.63, 3.8) is 0 Å². The third-order valence-electron chi connectivity index (χ3n) is 3.83. The summed E-state index contributed by atoms with van der Waals surface area (Å²) in [7, 11) is 0. The second-order valence-corrected chi connectivity index (χ2v) is 5.92. The highest BCUT2D eigenvalue weighted by atomic mass is 35.5. The summed E-state index contributed by atoms with van der Waals surface area (Å²) in [6.07, 6.45) is 5.44. The molecule has 1 aromatic carbocycles. The van der Waals surface area contributed by atoms with Crippen molar-refractivity contribution in [1.29, 1.82) is 0 Å². The molecule has 1 aliphatic heterocycles. The molecule has 106 valence electrons. The zero-order chi connectivity index (χ0) is 13.5. The maximum atomic E-state index is 6.02. The first-order valence-electron chi connectivity index (χ1n) is 7.44. The molecule has 1 fully saturated rings. The van der Waals surface area contributed by atoms with Crippen LogP contribution < -0.4 is 5.32 Å². The standard InChI is InChI=1S/C16H25ClN2/c1-14-12-15(6-7-16(14)17)13-18-8-5-11-19-9-3-2-4-10-19/h6-7,12,18H,2-5,8-11,13H2,1H3. The number of benzene rings is 1. The summed E-state index contributed by atoms with van der Waals surface area (Å²) in [5, 5.41) is 4.37. The van der Waals surface area contributed by atoms with Gasteiger partial charge in [-0.1, -0.05) is 30.2 Å². The Balaban J connectivity index is 1.59. The molecule has 0 unspecified atom stereocenters. The van der Waals surface area contributed by atoms with Gasteiger partial charge in [-0.3, -0.25) is 0 Å². The average molecular weight is 281 g/mol. The monoisotopic (exact) mass is 280 g/mol. The number of rotatable bonds is 6. The van der Waals surface area contributed by atoms with E-state index in [0.717, 1.165) is 23.7 Å². The number of nitrogens with one attached hydrogen (secondary N) is 1. The van der Waals surface area contributed by atoms with E-state index in [9.17, 15) is 0 Å². The number of hydrogen-bond donors (Lipinski definition) is 1. The van der Waals surface area contributed by atoms with Crippen LogP contribution in [0.4, 0.5) is 0 Å². The Morgan fingerprint density at radius 1 is 1.21 bits per heavy atom. The van der Waals surface area contributed by atoms with Crippen LogP contribution in [0, 0.1) is 6.92 Å². The zero-order valence-corrected chi connectivity index (χ0v) is 12.7. The van der Waals surface area contributed by atoms with Crippen LogP contribution in [-0.4, -0.2) is 31.1 Å². The SMILES string of the molecule is Cc1cc(CNCCCN2CCCCC2)ccc1Cl. The minimum absolute atomic E-state index is 0.855. The molecule has 0 bridgehead atoms. The molecular weight excluding hydrogens is 256 g/mol. The predicted octanol–water partition coefficient (Wildman–Crippen LogP) is 3.61. The molecule has 0 aliphatic carbocycles. The van der Waals surface area contributed by atoms with Crippen molar-refractivity contribution in [3.05, 3.63) is 34.3 Å². The van der Waals surface area contributed by atoms with Crippen molar-refractivity contribution < 1.29 is 0 Å². The van der Waals surface area contributed by atoms with Crippen LogP contribution in [0.2, 0.25) is 5.02 Å². The van der Waals surface area contributed by atoms with Crippen molar-refractivity contribution >= 4 is 11.6 Å². The van der Waals surface area contributed by atoms with Gasteiger partial charge in [0.2, 0.25) is 0 Å². The summed E-state index contributed by atoms with van der Waals surface area (Å²) in [4.78, 5) is 2.59. The number of halogens is 1. The lowest BCUT2D eigenvalue weighted by atomic mass is 10.1. The normalized spacial score (nSPS) is 16.7. The molecule has 0 aromatic heterocycles. The number of aryl methyl sites for hydroxylation is 1. The van der Waals surface area contributed by atoms with Crippen molar-refractivity contribution in [2.75, 3.05) is 26.2 Å².